The van der Waals surface area contributed by atoms with Crippen LogP contribution in [0.1, 0.15) is 26.2 Å². The molecule has 3 aromatic rings. The first-order valence-corrected chi connectivity index (χ1v) is 11.3. The lowest BCUT2D eigenvalue weighted by atomic mass is 10.1. The van der Waals surface area contributed by atoms with Crippen molar-refractivity contribution in [1.82, 2.24) is 14.8 Å². The SMILES string of the molecule is CCOc1ccc(-n2c(SCC3CCCCO3)nnc2-c2ccc(Cl)cc2)cc1. The number of aromatic nitrogens is 3. The molecule has 1 atom stereocenters. The van der Waals surface area contributed by atoms with Gasteiger partial charge < -0.3 is 9.47 Å². The van der Waals surface area contributed by atoms with Gasteiger partial charge in [0.2, 0.25) is 0 Å². The highest BCUT2D eigenvalue weighted by molar-refractivity contribution is 7.99. The van der Waals surface area contributed by atoms with E-state index < -0.39 is 0 Å². The lowest BCUT2D eigenvalue weighted by molar-refractivity contribution is 0.0315. The lowest BCUT2D eigenvalue weighted by Crippen LogP contribution is -2.21. The van der Waals surface area contributed by atoms with Gasteiger partial charge in [0.1, 0.15) is 5.75 Å². The molecule has 0 aliphatic carbocycles. The van der Waals surface area contributed by atoms with Crippen molar-refractivity contribution in [3.05, 3.63) is 53.6 Å². The van der Waals surface area contributed by atoms with E-state index in [4.69, 9.17) is 21.1 Å². The van der Waals surface area contributed by atoms with Crippen LogP contribution in [0.4, 0.5) is 0 Å². The van der Waals surface area contributed by atoms with Crippen LogP contribution in [-0.4, -0.2) is 39.8 Å². The van der Waals surface area contributed by atoms with Crippen molar-refractivity contribution >= 4 is 23.4 Å². The first-order valence-electron chi connectivity index (χ1n) is 9.93. The van der Waals surface area contributed by atoms with E-state index in [0.29, 0.717) is 11.6 Å². The molecule has 0 spiro atoms. The topological polar surface area (TPSA) is 49.2 Å². The maximum atomic E-state index is 6.07. The van der Waals surface area contributed by atoms with Gasteiger partial charge in [0.25, 0.3) is 0 Å². The Morgan fingerprint density at radius 2 is 1.90 bits per heavy atom. The Hall–Kier alpha value is -2.02. The van der Waals surface area contributed by atoms with Gasteiger partial charge in [-0.05, 0) is 74.7 Å². The summed E-state index contributed by atoms with van der Waals surface area (Å²) in [7, 11) is 0. The predicted octanol–water partition coefficient (Wildman–Crippen LogP) is 5.65. The van der Waals surface area contributed by atoms with Crippen LogP contribution < -0.4 is 4.74 Å². The van der Waals surface area contributed by atoms with Crippen molar-refractivity contribution in [2.75, 3.05) is 19.0 Å². The number of hydrogen-bond acceptors (Lipinski definition) is 5. The molecule has 7 heteroatoms. The molecule has 1 saturated heterocycles. The maximum absolute atomic E-state index is 6.07. The van der Waals surface area contributed by atoms with Crippen molar-refractivity contribution in [2.45, 2.75) is 37.4 Å². The number of halogens is 1. The van der Waals surface area contributed by atoms with Gasteiger partial charge in [-0.15, -0.1) is 10.2 Å². The van der Waals surface area contributed by atoms with Crippen molar-refractivity contribution < 1.29 is 9.47 Å². The van der Waals surface area contributed by atoms with Crippen LogP contribution in [0, 0.1) is 0 Å². The second-order valence-electron chi connectivity index (χ2n) is 6.87. The summed E-state index contributed by atoms with van der Waals surface area (Å²) < 4.78 is 13.6. The second kappa shape index (κ2) is 9.65. The van der Waals surface area contributed by atoms with Gasteiger partial charge in [0, 0.05) is 28.6 Å². The lowest BCUT2D eigenvalue weighted by Gasteiger charge is -2.22. The Morgan fingerprint density at radius 3 is 2.59 bits per heavy atom. The number of hydrogen-bond donors (Lipinski definition) is 0. The third-order valence-corrected chi connectivity index (χ3v) is 6.13. The van der Waals surface area contributed by atoms with Gasteiger partial charge in [0.05, 0.1) is 12.7 Å². The molecule has 1 unspecified atom stereocenters. The molecular weight excluding hydrogens is 406 g/mol. The molecule has 29 heavy (non-hydrogen) atoms. The maximum Gasteiger partial charge on any atom is 0.196 e. The summed E-state index contributed by atoms with van der Waals surface area (Å²) >= 11 is 7.76. The van der Waals surface area contributed by atoms with Crippen molar-refractivity contribution in [1.29, 1.82) is 0 Å². The van der Waals surface area contributed by atoms with Crippen molar-refractivity contribution in [3.8, 4) is 22.8 Å². The summed E-state index contributed by atoms with van der Waals surface area (Å²) in [5.74, 6) is 2.51. The average molecular weight is 430 g/mol. The molecule has 0 radical (unpaired) electrons. The van der Waals surface area contributed by atoms with Crippen LogP contribution in [0.15, 0.2) is 53.7 Å². The van der Waals surface area contributed by atoms with E-state index in [9.17, 15) is 0 Å². The highest BCUT2D eigenvalue weighted by Gasteiger charge is 2.20. The number of nitrogens with zero attached hydrogens (tertiary/aromatic N) is 3. The Balaban J connectivity index is 1.66. The zero-order chi connectivity index (χ0) is 20.1. The van der Waals surface area contributed by atoms with E-state index in [1.807, 2.05) is 55.5 Å². The van der Waals surface area contributed by atoms with E-state index in [-0.39, 0.29) is 6.10 Å². The first-order chi connectivity index (χ1) is 14.2. The molecule has 0 N–H and O–H groups in total. The molecule has 0 bridgehead atoms. The zero-order valence-electron chi connectivity index (χ0n) is 16.4. The third-order valence-electron chi connectivity index (χ3n) is 4.81. The summed E-state index contributed by atoms with van der Waals surface area (Å²) in [5.41, 5.74) is 1.96. The molecule has 5 nitrogen and oxygen atoms in total. The fourth-order valence-electron chi connectivity index (χ4n) is 3.35. The Bertz CT molecular complexity index is 922. The smallest absolute Gasteiger partial charge is 0.196 e. The Kier molecular flexibility index (Phi) is 6.74. The van der Waals surface area contributed by atoms with Crippen molar-refractivity contribution in [3.63, 3.8) is 0 Å². The summed E-state index contributed by atoms with van der Waals surface area (Å²) in [4.78, 5) is 0. The second-order valence-corrected chi connectivity index (χ2v) is 8.30. The van der Waals surface area contributed by atoms with Crippen LogP contribution in [0.2, 0.25) is 5.02 Å². The summed E-state index contributed by atoms with van der Waals surface area (Å²) in [6.45, 7) is 3.48. The van der Waals surface area contributed by atoms with E-state index in [1.54, 1.807) is 11.8 Å². The molecule has 152 valence electrons. The highest BCUT2D eigenvalue weighted by Crippen LogP contribution is 2.31. The molecule has 1 aromatic heterocycles. The van der Waals surface area contributed by atoms with Crippen LogP contribution in [0.3, 0.4) is 0 Å². The Labute approximate surface area is 180 Å². The van der Waals surface area contributed by atoms with Gasteiger partial charge in [0.15, 0.2) is 11.0 Å². The molecule has 1 aliphatic heterocycles. The highest BCUT2D eigenvalue weighted by atomic mass is 35.5. The average Bonchev–Trinajstić information content (AvgIpc) is 3.18. The molecular formula is C22H24ClN3O2S. The number of thioether (sulfide) groups is 1. The molecule has 1 fully saturated rings. The van der Waals surface area contributed by atoms with E-state index in [2.05, 4.69) is 14.8 Å². The zero-order valence-corrected chi connectivity index (χ0v) is 18.0. The first kappa shape index (κ1) is 20.3. The van der Waals surface area contributed by atoms with Crippen LogP contribution in [0.5, 0.6) is 5.75 Å². The van der Waals surface area contributed by atoms with Gasteiger partial charge in [-0.1, -0.05) is 23.4 Å². The summed E-state index contributed by atoms with van der Waals surface area (Å²) in [6, 6.07) is 15.7. The van der Waals surface area contributed by atoms with Gasteiger partial charge in [-0.2, -0.15) is 0 Å². The fourth-order valence-corrected chi connectivity index (χ4v) is 4.49. The predicted molar refractivity (Wildman–Crippen MR) is 117 cm³/mol. The summed E-state index contributed by atoms with van der Waals surface area (Å²) in [5, 5.41) is 10.5. The van der Waals surface area contributed by atoms with Crippen LogP contribution in [-0.2, 0) is 4.74 Å². The molecule has 0 saturated carbocycles. The number of ether oxygens (including phenoxy) is 2. The van der Waals surface area contributed by atoms with Gasteiger partial charge >= 0.3 is 0 Å². The van der Waals surface area contributed by atoms with E-state index >= 15 is 0 Å². The largest absolute Gasteiger partial charge is 0.494 e. The molecule has 4 rings (SSSR count). The Morgan fingerprint density at radius 1 is 1.10 bits per heavy atom. The minimum absolute atomic E-state index is 0.276. The van der Waals surface area contributed by atoms with E-state index in [1.165, 1.54) is 6.42 Å². The normalized spacial score (nSPS) is 16.7. The fraction of sp³-hybridized carbons (Fsp3) is 0.364. The van der Waals surface area contributed by atoms with Crippen molar-refractivity contribution in [2.24, 2.45) is 0 Å². The number of rotatable bonds is 7. The molecule has 1 aliphatic rings. The van der Waals surface area contributed by atoms with E-state index in [0.717, 1.165) is 53.2 Å². The standard InChI is InChI=1S/C22H24ClN3O2S/c1-2-27-19-12-10-18(11-13-19)26-21(16-6-8-17(23)9-7-16)24-25-22(26)29-15-20-5-3-4-14-28-20/h6-13,20H,2-5,14-15H2,1H3. The number of benzene rings is 2. The van der Waals surface area contributed by atoms with Gasteiger partial charge in [-0.25, -0.2) is 0 Å². The monoisotopic (exact) mass is 429 g/mol. The van der Waals surface area contributed by atoms with Gasteiger partial charge in [-0.3, -0.25) is 4.57 Å². The minimum Gasteiger partial charge on any atom is -0.494 e. The quantitative estimate of drug-likeness (QED) is 0.454. The van der Waals surface area contributed by atoms with Crippen LogP contribution in [0.25, 0.3) is 17.1 Å². The molecule has 0 amide bonds. The van der Waals surface area contributed by atoms with Crippen LogP contribution >= 0.6 is 23.4 Å². The minimum atomic E-state index is 0.276. The summed E-state index contributed by atoms with van der Waals surface area (Å²) in [6.07, 6.45) is 3.77. The third kappa shape index (κ3) is 4.94. The molecule has 2 aromatic carbocycles. The molecule has 2 heterocycles.